The number of carbonyl (C=O) groups is 1. The molecule has 4 rings (SSSR count). The number of piperidine rings is 1. The first-order valence-corrected chi connectivity index (χ1v) is 10.3. The highest BCUT2D eigenvalue weighted by Gasteiger charge is 2.48. The summed E-state index contributed by atoms with van der Waals surface area (Å²) in [7, 11) is 0. The van der Waals surface area contributed by atoms with Crippen LogP contribution in [-0.2, 0) is 4.74 Å². The van der Waals surface area contributed by atoms with Gasteiger partial charge in [0.2, 0.25) is 0 Å². The number of amides is 1. The molecule has 7 heteroatoms. The second kappa shape index (κ2) is 7.62. The number of hydrogen-bond acceptors (Lipinski definition) is 6. The zero-order chi connectivity index (χ0) is 19.0. The van der Waals surface area contributed by atoms with E-state index in [2.05, 4.69) is 28.6 Å². The maximum Gasteiger partial charge on any atom is 0.410 e. The van der Waals surface area contributed by atoms with Crippen molar-refractivity contribution in [3.8, 4) is 0 Å². The second-order valence-electron chi connectivity index (χ2n) is 8.37. The number of rotatable bonds is 5. The van der Waals surface area contributed by atoms with Crippen molar-refractivity contribution >= 4 is 11.9 Å². The van der Waals surface area contributed by atoms with Gasteiger partial charge in [-0.05, 0) is 32.9 Å². The maximum absolute atomic E-state index is 12.3. The van der Waals surface area contributed by atoms with Gasteiger partial charge in [-0.1, -0.05) is 20.3 Å². The summed E-state index contributed by atoms with van der Waals surface area (Å²) in [5, 5.41) is 0. The molecule has 7 nitrogen and oxygen atoms in total. The zero-order valence-electron chi connectivity index (χ0n) is 16.7. The number of likely N-dealkylation sites (tertiary alicyclic amines) is 1. The Morgan fingerprint density at radius 3 is 2.67 bits per heavy atom. The molecule has 0 spiro atoms. The molecular weight excluding hydrogens is 342 g/mol. The lowest BCUT2D eigenvalue weighted by atomic mass is 10.1. The van der Waals surface area contributed by atoms with E-state index in [4.69, 9.17) is 9.72 Å². The molecule has 2 atom stereocenters. The number of hydrogen-bond donors (Lipinski definition) is 0. The first-order valence-electron chi connectivity index (χ1n) is 10.3. The van der Waals surface area contributed by atoms with Crippen LogP contribution in [0.15, 0.2) is 6.07 Å². The van der Waals surface area contributed by atoms with E-state index < -0.39 is 0 Å². The van der Waals surface area contributed by atoms with Crippen LogP contribution in [0.3, 0.4) is 0 Å². The van der Waals surface area contributed by atoms with E-state index in [0.29, 0.717) is 12.5 Å². The van der Waals surface area contributed by atoms with Crippen molar-refractivity contribution in [2.45, 2.75) is 58.1 Å². The average Bonchev–Trinajstić information content (AvgIpc) is 3.17. The van der Waals surface area contributed by atoms with Crippen molar-refractivity contribution in [2.75, 3.05) is 44.2 Å². The van der Waals surface area contributed by atoms with Crippen LogP contribution < -0.4 is 4.90 Å². The van der Waals surface area contributed by atoms with Crippen molar-refractivity contribution in [1.82, 2.24) is 19.8 Å². The topological polar surface area (TPSA) is 61.8 Å². The summed E-state index contributed by atoms with van der Waals surface area (Å²) >= 11 is 0. The van der Waals surface area contributed by atoms with Crippen LogP contribution in [0.1, 0.15) is 50.5 Å². The molecule has 0 N–H and O–H groups in total. The van der Waals surface area contributed by atoms with Crippen molar-refractivity contribution < 1.29 is 9.53 Å². The summed E-state index contributed by atoms with van der Waals surface area (Å²) in [5.41, 5.74) is 0.986. The van der Waals surface area contributed by atoms with Crippen LogP contribution in [0.5, 0.6) is 0 Å². The van der Waals surface area contributed by atoms with Crippen LogP contribution >= 0.6 is 0 Å². The van der Waals surface area contributed by atoms with Crippen LogP contribution in [0.4, 0.5) is 10.6 Å². The van der Waals surface area contributed by atoms with Crippen LogP contribution in [0, 0.1) is 6.92 Å². The Morgan fingerprint density at radius 1 is 1.15 bits per heavy atom. The van der Waals surface area contributed by atoms with Gasteiger partial charge >= 0.3 is 6.09 Å². The molecule has 1 aromatic rings. The molecule has 3 saturated heterocycles. The molecule has 0 saturated carbocycles. The van der Waals surface area contributed by atoms with E-state index in [9.17, 15) is 4.79 Å². The molecule has 0 unspecified atom stereocenters. The number of aryl methyl sites for hydroxylation is 1. The number of nitrogens with zero attached hydrogens (tertiary/aromatic N) is 5. The van der Waals surface area contributed by atoms with Gasteiger partial charge in [-0.3, -0.25) is 4.90 Å². The van der Waals surface area contributed by atoms with Crippen molar-refractivity contribution in [1.29, 1.82) is 0 Å². The van der Waals surface area contributed by atoms with Gasteiger partial charge in [0.05, 0.1) is 12.6 Å². The largest absolute Gasteiger partial charge is 0.442 e. The minimum absolute atomic E-state index is 0.0587. The van der Waals surface area contributed by atoms with Crippen molar-refractivity contribution in [2.24, 2.45) is 0 Å². The Bertz CT molecular complexity index is 689. The number of aromatic nitrogens is 2. The zero-order valence-corrected chi connectivity index (χ0v) is 16.7. The van der Waals surface area contributed by atoms with Crippen molar-refractivity contribution in [3.05, 3.63) is 17.6 Å². The lowest BCUT2D eigenvalue weighted by Crippen LogP contribution is -2.43. The first kappa shape index (κ1) is 18.5. The number of ether oxygens (including phenoxy) is 1. The highest BCUT2D eigenvalue weighted by atomic mass is 16.6. The summed E-state index contributed by atoms with van der Waals surface area (Å²) in [6.07, 6.45) is 3.67. The van der Waals surface area contributed by atoms with Gasteiger partial charge in [0.15, 0.2) is 0 Å². The molecule has 3 fully saturated rings. The molecule has 3 aliphatic heterocycles. The molecule has 0 bridgehead atoms. The van der Waals surface area contributed by atoms with Gasteiger partial charge in [0.25, 0.3) is 0 Å². The molecule has 1 aromatic heterocycles. The van der Waals surface area contributed by atoms with E-state index >= 15 is 0 Å². The summed E-state index contributed by atoms with van der Waals surface area (Å²) in [6, 6.07) is 2.16. The third-order valence-electron chi connectivity index (χ3n) is 5.93. The third kappa shape index (κ3) is 3.88. The molecule has 0 aromatic carbocycles. The number of fused-ring (bicyclic) bond motifs is 1. The van der Waals surface area contributed by atoms with Gasteiger partial charge in [0.1, 0.15) is 17.7 Å². The molecule has 0 radical (unpaired) electrons. The van der Waals surface area contributed by atoms with Gasteiger partial charge in [-0.2, -0.15) is 0 Å². The summed E-state index contributed by atoms with van der Waals surface area (Å²) < 4.78 is 5.68. The standard InChI is InChI=1S/C20H31N5O2/c1-14(2)19-21-15(3)11-18(22-19)24-12-16-17(13-24)27-20(26)25(16)10-9-23-7-5-4-6-8-23/h11,14,16-17H,4-10,12-13H2,1-3H3/t16-,17+/m1/s1. The van der Waals surface area contributed by atoms with Crippen LogP contribution in [-0.4, -0.2) is 77.3 Å². The lowest BCUT2D eigenvalue weighted by Gasteiger charge is -2.29. The summed E-state index contributed by atoms with van der Waals surface area (Å²) in [5.74, 6) is 2.12. The fraction of sp³-hybridized carbons (Fsp3) is 0.750. The fourth-order valence-corrected chi connectivity index (χ4v) is 4.38. The third-order valence-corrected chi connectivity index (χ3v) is 5.93. The molecule has 0 aliphatic carbocycles. The Labute approximate surface area is 161 Å². The Kier molecular flexibility index (Phi) is 5.21. The van der Waals surface area contributed by atoms with E-state index in [1.165, 1.54) is 19.3 Å². The highest BCUT2D eigenvalue weighted by molar-refractivity contribution is 5.71. The minimum Gasteiger partial charge on any atom is -0.442 e. The Hall–Kier alpha value is -1.89. The van der Waals surface area contributed by atoms with Gasteiger partial charge in [-0.15, -0.1) is 0 Å². The predicted molar refractivity (Wildman–Crippen MR) is 104 cm³/mol. The maximum atomic E-state index is 12.3. The predicted octanol–water partition coefficient (Wildman–Crippen LogP) is 2.40. The van der Waals surface area contributed by atoms with E-state index in [-0.39, 0.29) is 18.2 Å². The normalized spacial score (nSPS) is 26.0. The van der Waals surface area contributed by atoms with Crippen molar-refractivity contribution in [3.63, 3.8) is 0 Å². The molecule has 4 heterocycles. The molecule has 148 valence electrons. The quantitative estimate of drug-likeness (QED) is 0.790. The Morgan fingerprint density at radius 2 is 1.93 bits per heavy atom. The smallest absolute Gasteiger partial charge is 0.410 e. The summed E-state index contributed by atoms with van der Waals surface area (Å²) in [6.45, 7) is 11.7. The van der Waals surface area contributed by atoms with Gasteiger partial charge in [-0.25, -0.2) is 14.8 Å². The lowest BCUT2D eigenvalue weighted by molar-refractivity contribution is 0.132. The van der Waals surface area contributed by atoms with Gasteiger partial charge < -0.3 is 14.5 Å². The molecular formula is C20H31N5O2. The number of anilines is 1. The monoisotopic (exact) mass is 373 g/mol. The van der Waals surface area contributed by atoms with Gasteiger partial charge in [0, 0.05) is 37.3 Å². The van der Waals surface area contributed by atoms with Crippen LogP contribution in [0.25, 0.3) is 0 Å². The number of carbonyl (C=O) groups excluding carboxylic acids is 1. The molecule has 1 amide bonds. The first-order chi connectivity index (χ1) is 13.0. The van der Waals surface area contributed by atoms with E-state index in [1.54, 1.807) is 0 Å². The molecule has 3 aliphatic rings. The Balaban J connectivity index is 1.42. The highest BCUT2D eigenvalue weighted by Crippen LogP contribution is 2.30. The second-order valence-corrected chi connectivity index (χ2v) is 8.37. The summed E-state index contributed by atoms with van der Waals surface area (Å²) in [4.78, 5) is 28.3. The average molecular weight is 374 g/mol. The van der Waals surface area contributed by atoms with E-state index in [0.717, 1.165) is 50.1 Å². The molecule has 27 heavy (non-hydrogen) atoms. The van der Waals surface area contributed by atoms with E-state index in [1.807, 2.05) is 17.9 Å². The SMILES string of the molecule is Cc1cc(N2C[C@@H]3OC(=O)N(CCN4CCCCC4)[C@@H]3C2)nc(C(C)C)n1. The fourth-order valence-electron chi connectivity index (χ4n) is 4.38. The minimum atomic E-state index is -0.150. The van der Waals surface area contributed by atoms with Crippen LogP contribution in [0.2, 0.25) is 0 Å².